The van der Waals surface area contributed by atoms with E-state index in [4.69, 9.17) is 0 Å². The third kappa shape index (κ3) is 0.730. The van der Waals surface area contributed by atoms with Crippen LogP contribution >= 0.6 is 11.9 Å². The molecule has 1 saturated heterocycles. The van der Waals surface area contributed by atoms with Gasteiger partial charge in [0.25, 0.3) is 0 Å². The van der Waals surface area contributed by atoms with Gasteiger partial charge in [-0.15, -0.1) is 0 Å². The summed E-state index contributed by atoms with van der Waals surface area (Å²) in [6.45, 7) is 3.47. The maximum absolute atomic E-state index is 4.44. The summed E-state index contributed by atoms with van der Waals surface area (Å²) in [4.78, 5) is 5.79. The van der Waals surface area contributed by atoms with Crippen LogP contribution in [-0.4, -0.2) is 21.9 Å². The fraction of sp³-hybridized carbons (Fsp3) is 0.444. The van der Waals surface area contributed by atoms with Crippen LogP contribution in [0.1, 0.15) is 18.5 Å². The molecule has 62 valence electrons. The Kier molecular flexibility index (Phi) is 1.29. The van der Waals surface area contributed by atoms with Crippen molar-refractivity contribution in [1.29, 1.82) is 0 Å². The second kappa shape index (κ2) is 2.24. The molecule has 12 heavy (non-hydrogen) atoms. The van der Waals surface area contributed by atoms with Gasteiger partial charge in [0, 0.05) is 29.6 Å². The predicted molar refractivity (Wildman–Crippen MR) is 49.0 cm³/mol. The van der Waals surface area contributed by atoms with E-state index in [1.54, 1.807) is 0 Å². The number of pyridine rings is 1. The van der Waals surface area contributed by atoms with Gasteiger partial charge in [-0.1, -0.05) is 0 Å². The van der Waals surface area contributed by atoms with Gasteiger partial charge in [0.15, 0.2) is 0 Å². The molecule has 2 nitrogen and oxygen atoms in total. The Morgan fingerprint density at radius 3 is 3.42 bits per heavy atom. The van der Waals surface area contributed by atoms with Gasteiger partial charge in [-0.2, -0.15) is 0 Å². The molecule has 3 aliphatic heterocycles. The minimum Gasteiger partial charge on any atom is -0.260 e. The van der Waals surface area contributed by atoms with E-state index in [9.17, 15) is 0 Å². The predicted octanol–water partition coefficient (Wildman–Crippen LogP) is 1.89. The lowest BCUT2D eigenvalue weighted by Crippen LogP contribution is -2.51. The van der Waals surface area contributed by atoms with E-state index in [1.165, 1.54) is 17.1 Å². The van der Waals surface area contributed by atoms with Crippen LogP contribution in [0.5, 0.6) is 0 Å². The van der Waals surface area contributed by atoms with Gasteiger partial charge in [0.2, 0.25) is 0 Å². The second-order valence-electron chi connectivity index (χ2n) is 3.42. The van der Waals surface area contributed by atoms with Crippen molar-refractivity contribution in [1.82, 2.24) is 9.29 Å². The van der Waals surface area contributed by atoms with Crippen molar-refractivity contribution in [3.8, 4) is 0 Å². The molecule has 3 aliphatic rings. The van der Waals surface area contributed by atoms with Crippen LogP contribution in [0.25, 0.3) is 0 Å². The molecule has 3 atom stereocenters. The summed E-state index contributed by atoms with van der Waals surface area (Å²) in [6.07, 6.45) is 1.90. The van der Waals surface area contributed by atoms with Crippen LogP contribution in [-0.2, 0) is 0 Å². The van der Waals surface area contributed by atoms with Crippen molar-refractivity contribution in [2.45, 2.75) is 23.8 Å². The Morgan fingerprint density at radius 1 is 1.67 bits per heavy atom. The first-order valence-corrected chi connectivity index (χ1v) is 5.03. The van der Waals surface area contributed by atoms with Crippen LogP contribution in [0, 0.1) is 0 Å². The topological polar surface area (TPSA) is 16.1 Å². The van der Waals surface area contributed by atoms with Crippen molar-refractivity contribution in [3.05, 3.63) is 24.0 Å². The van der Waals surface area contributed by atoms with Gasteiger partial charge >= 0.3 is 0 Å². The largest absolute Gasteiger partial charge is 0.260 e. The van der Waals surface area contributed by atoms with Gasteiger partial charge < -0.3 is 0 Å². The van der Waals surface area contributed by atoms with E-state index >= 15 is 0 Å². The van der Waals surface area contributed by atoms with E-state index in [1.807, 2.05) is 24.2 Å². The molecule has 0 aromatic carbocycles. The molecule has 3 heteroatoms. The summed E-state index contributed by atoms with van der Waals surface area (Å²) in [5.41, 5.74) is 1.32. The lowest BCUT2D eigenvalue weighted by Gasteiger charge is -2.49. The molecule has 0 N–H and O–H groups in total. The van der Waals surface area contributed by atoms with E-state index in [2.05, 4.69) is 22.3 Å². The van der Waals surface area contributed by atoms with Gasteiger partial charge in [-0.05, 0) is 31.0 Å². The Balaban J connectivity index is 2.12. The molecule has 2 bridgehead atoms. The normalized spacial score (nSPS) is 36.9. The molecule has 4 rings (SSSR count). The highest BCUT2D eigenvalue weighted by atomic mass is 32.2. The van der Waals surface area contributed by atoms with Crippen LogP contribution in [0.2, 0.25) is 0 Å². The average Bonchev–Trinajstić information content (AvgIpc) is 2.16. The maximum Gasteiger partial charge on any atom is 0.0612 e. The monoisotopic (exact) mass is 178 g/mol. The molecule has 1 aromatic heterocycles. The molecule has 0 radical (unpaired) electrons. The Morgan fingerprint density at radius 2 is 2.58 bits per heavy atom. The summed E-state index contributed by atoms with van der Waals surface area (Å²) >= 11 is 1.86. The zero-order valence-electron chi connectivity index (χ0n) is 6.90. The van der Waals surface area contributed by atoms with Crippen molar-refractivity contribution < 1.29 is 0 Å². The number of hydrogen-bond acceptors (Lipinski definition) is 3. The molecule has 0 spiro atoms. The van der Waals surface area contributed by atoms with Crippen LogP contribution in [0.3, 0.4) is 0 Å². The van der Waals surface area contributed by atoms with Crippen LogP contribution < -0.4 is 0 Å². The number of hydrogen-bond donors (Lipinski definition) is 0. The van der Waals surface area contributed by atoms with Crippen molar-refractivity contribution >= 4 is 11.9 Å². The van der Waals surface area contributed by atoms with Gasteiger partial charge in [0.1, 0.15) is 0 Å². The van der Waals surface area contributed by atoms with Crippen LogP contribution in [0.15, 0.2) is 23.2 Å². The third-order valence-electron chi connectivity index (χ3n) is 2.78. The van der Waals surface area contributed by atoms with E-state index in [0.717, 1.165) is 0 Å². The summed E-state index contributed by atoms with van der Waals surface area (Å²) in [5, 5.41) is 0. The number of aromatic nitrogens is 1. The summed E-state index contributed by atoms with van der Waals surface area (Å²) in [6, 6.07) is 4.87. The fourth-order valence-corrected chi connectivity index (χ4v) is 3.13. The zero-order valence-corrected chi connectivity index (χ0v) is 7.71. The maximum atomic E-state index is 4.44. The molecular formula is C9H10N2S. The molecule has 0 saturated carbocycles. The van der Waals surface area contributed by atoms with E-state index < -0.39 is 0 Å². The summed E-state index contributed by atoms with van der Waals surface area (Å²) in [7, 11) is 0. The summed E-state index contributed by atoms with van der Waals surface area (Å²) in [5.74, 6) is 0.697. The highest BCUT2D eigenvalue weighted by Gasteiger charge is 2.43. The molecule has 1 aromatic rings. The smallest absolute Gasteiger partial charge is 0.0612 e. The Labute approximate surface area is 76.1 Å². The highest BCUT2D eigenvalue weighted by molar-refractivity contribution is 7.97. The standard InChI is InChI=1S/C9H10N2S/c1-6-7-5-11(6)12-8-3-2-4-10-9(7)8/h2-4,6-7H,5H2,1H3. The lowest BCUT2D eigenvalue weighted by atomic mass is 9.89. The third-order valence-corrected chi connectivity index (χ3v) is 4.04. The first-order valence-electron chi connectivity index (χ1n) is 4.26. The Hall–Kier alpha value is -0.540. The summed E-state index contributed by atoms with van der Waals surface area (Å²) < 4.78 is 2.43. The lowest BCUT2D eigenvalue weighted by molar-refractivity contribution is 0.177. The van der Waals surface area contributed by atoms with Crippen molar-refractivity contribution in [2.75, 3.05) is 6.54 Å². The van der Waals surface area contributed by atoms with Crippen molar-refractivity contribution in [2.24, 2.45) is 0 Å². The van der Waals surface area contributed by atoms with Gasteiger partial charge in [-0.3, -0.25) is 4.98 Å². The van der Waals surface area contributed by atoms with Gasteiger partial charge in [0.05, 0.1) is 5.69 Å². The molecule has 0 amide bonds. The number of nitrogens with zero attached hydrogens (tertiary/aromatic N) is 2. The van der Waals surface area contributed by atoms with Crippen LogP contribution in [0.4, 0.5) is 0 Å². The minimum absolute atomic E-state index is 0.692. The van der Waals surface area contributed by atoms with Gasteiger partial charge in [-0.25, -0.2) is 4.31 Å². The molecule has 0 aliphatic carbocycles. The zero-order chi connectivity index (χ0) is 8.13. The molecule has 1 fully saturated rings. The average molecular weight is 178 g/mol. The van der Waals surface area contributed by atoms with E-state index in [0.29, 0.717) is 12.0 Å². The molecule has 2 unspecified atom stereocenters. The minimum atomic E-state index is 0.692. The highest BCUT2D eigenvalue weighted by Crippen LogP contribution is 2.48. The van der Waals surface area contributed by atoms with E-state index in [-0.39, 0.29) is 0 Å². The number of rotatable bonds is 0. The second-order valence-corrected chi connectivity index (χ2v) is 4.52. The Bertz CT molecular complexity index is 326. The van der Waals surface area contributed by atoms with Crippen molar-refractivity contribution in [3.63, 3.8) is 0 Å². The first kappa shape index (κ1) is 6.92. The molecule has 4 heterocycles. The fourth-order valence-electron chi connectivity index (χ4n) is 1.90. The first-order chi connectivity index (χ1) is 5.86. The molecular weight excluding hydrogens is 168 g/mol. The SMILES string of the molecule is CC1C2C[N@@]1Sc1cccnc12. The quantitative estimate of drug-likeness (QED) is 0.564.